The van der Waals surface area contributed by atoms with E-state index < -0.39 is 0 Å². The predicted octanol–water partition coefficient (Wildman–Crippen LogP) is 3.76. The summed E-state index contributed by atoms with van der Waals surface area (Å²) < 4.78 is 12.3. The van der Waals surface area contributed by atoms with Gasteiger partial charge in [0.1, 0.15) is 17.6 Å². The molecule has 0 aliphatic carbocycles. The largest absolute Gasteiger partial charge is 0.508 e. The highest BCUT2D eigenvalue weighted by Gasteiger charge is 2.16. The van der Waals surface area contributed by atoms with Crippen molar-refractivity contribution in [3.05, 3.63) is 57.2 Å². The van der Waals surface area contributed by atoms with E-state index in [2.05, 4.69) is 22.6 Å². The average molecular weight is 396 g/mol. The van der Waals surface area contributed by atoms with Gasteiger partial charge in [0.25, 0.3) is 0 Å². The van der Waals surface area contributed by atoms with Gasteiger partial charge in [-0.05, 0) is 64.0 Å². The molecule has 2 aromatic carbocycles. The van der Waals surface area contributed by atoms with Crippen LogP contribution in [0.25, 0.3) is 0 Å². The van der Waals surface area contributed by atoms with Crippen molar-refractivity contribution in [1.82, 2.24) is 0 Å². The first-order chi connectivity index (χ1) is 10.2. The van der Waals surface area contributed by atoms with Crippen LogP contribution >= 0.6 is 22.6 Å². The summed E-state index contributed by atoms with van der Waals surface area (Å²) in [6.45, 7) is 1.47. The number of halogens is 1. The average Bonchev–Trinajstić information content (AvgIpc) is 2.98. The minimum atomic E-state index is 0.176. The quantitative estimate of drug-likeness (QED) is 0.801. The van der Waals surface area contributed by atoms with Crippen molar-refractivity contribution < 1.29 is 14.6 Å². The summed E-state index contributed by atoms with van der Waals surface area (Å²) in [6, 6.07) is 13.7. The van der Waals surface area contributed by atoms with Gasteiger partial charge < -0.3 is 14.6 Å². The lowest BCUT2D eigenvalue weighted by Gasteiger charge is -2.12. The number of ether oxygens (including phenoxy) is 2. The van der Waals surface area contributed by atoms with E-state index >= 15 is 0 Å². The van der Waals surface area contributed by atoms with E-state index in [0.717, 1.165) is 39.9 Å². The molecule has 0 unspecified atom stereocenters. The van der Waals surface area contributed by atoms with Crippen LogP contribution in [0.15, 0.2) is 42.5 Å². The molecule has 1 saturated heterocycles. The molecule has 1 N–H and O–H groups in total. The fourth-order valence-electron chi connectivity index (χ4n) is 2.40. The van der Waals surface area contributed by atoms with E-state index in [-0.39, 0.29) is 6.10 Å². The van der Waals surface area contributed by atoms with Crippen LogP contribution in [-0.2, 0) is 11.2 Å². The van der Waals surface area contributed by atoms with E-state index in [1.807, 2.05) is 36.4 Å². The lowest BCUT2D eigenvalue weighted by Crippen LogP contribution is -2.15. The van der Waals surface area contributed by atoms with E-state index in [4.69, 9.17) is 9.47 Å². The molecule has 0 radical (unpaired) electrons. The number of phenols is 1. The van der Waals surface area contributed by atoms with Gasteiger partial charge in [0.15, 0.2) is 0 Å². The van der Waals surface area contributed by atoms with Crippen molar-refractivity contribution in [3.63, 3.8) is 0 Å². The van der Waals surface area contributed by atoms with Crippen molar-refractivity contribution in [3.8, 4) is 11.5 Å². The second kappa shape index (κ2) is 6.66. The van der Waals surface area contributed by atoms with Crippen molar-refractivity contribution in [1.29, 1.82) is 0 Å². The first-order valence-corrected chi connectivity index (χ1v) is 8.09. The van der Waals surface area contributed by atoms with Gasteiger partial charge in [-0.25, -0.2) is 0 Å². The summed E-state index contributed by atoms with van der Waals surface area (Å²) in [7, 11) is 0. The maximum absolute atomic E-state index is 9.90. The van der Waals surface area contributed by atoms with Gasteiger partial charge in [0.2, 0.25) is 0 Å². The van der Waals surface area contributed by atoms with Crippen molar-refractivity contribution in [2.45, 2.75) is 18.9 Å². The highest BCUT2D eigenvalue weighted by Crippen LogP contribution is 2.24. The Labute approximate surface area is 138 Å². The van der Waals surface area contributed by atoms with E-state index in [0.29, 0.717) is 12.4 Å². The number of rotatable bonds is 4. The molecule has 0 amide bonds. The molecule has 0 bridgehead atoms. The Balaban J connectivity index is 1.67. The van der Waals surface area contributed by atoms with E-state index in [1.165, 1.54) is 0 Å². The fourth-order valence-corrected chi connectivity index (χ4v) is 2.96. The van der Waals surface area contributed by atoms with Gasteiger partial charge in [0.05, 0.1) is 13.2 Å². The van der Waals surface area contributed by atoms with Crippen LogP contribution in [0.1, 0.15) is 17.5 Å². The summed E-state index contributed by atoms with van der Waals surface area (Å²) in [6.07, 6.45) is 1.85. The zero-order chi connectivity index (χ0) is 14.7. The van der Waals surface area contributed by atoms with Gasteiger partial charge in [-0.3, -0.25) is 0 Å². The Morgan fingerprint density at radius 1 is 1.19 bits per heavy atom. The van der Waals surface area contributed by atoms with Crippen molar-refractivity contribution in [2.75, 3.05) is 13.2 Å². The third kappa shape index (κ3) is 3.89. The number of aromatic hydroxyl groups is 1. The van der Waals surface area contributed by atoms with Gasteiger partial charge in [-0.15, -0.1) is 0 Å². The molecule has 2 aromatic rings. The number of hydrogen-bond acceptors (Lipinski definition) is 3. The third-order valence-electron chi connectivity index (χ3n) is 3.55. The van der Waals surface area contributed by atoms with Crippen LogP contribution in [0, 0.1) is 3.57 Å². The SMILES string of the molecule is Oc1ccc(I)cc1Cc1ccc(O[C@H]2CCOC2)cc1. The Bertz CT molecular complexity index is 604. The fraction of sp³-hybridized carbons (Fsp3) is 0.294. The molecule has 1 heterocycles. The van der Waals surface area contributed by atoms with Crippen LogP contribution in [0.3, 0.4) is 0 Å². The van der Waals surface area contributed by atoms with E-state index in [9.17, 15) is 5.11 Å². The molecular weight excluding hydrogens is 379 g/mol. The summed E-state index contributed by atoms with van der Waals surface area (Å²) in [4.78, 5) is 0. The Kier molecular flexibility index (Phi) is 4.65. The van der Waals surface area contributed by atoms with Gasteiger partial charge in [-0.2, -0.15) is 0 Å². The van der Waals surface area contributed by atoms with Crippen LogP contribution in [0.2, 0.25) is 0 Å². The zero-order valence-electron chi connectivity index (χ0n) is 11.6. The Morgan fingerprint density at radius 3 is 2.71 bits per heavy atom. The molecule has 1 aliphatic rings. The normalized spacial score (nSPS) is 17.9. The van der Waals surface area contributed by atoms with Gasteiger partial charge in [0, 0.05) is 16.4 Å². The smallest absolute Gasteiger partial charge is 0.124 e. The van der Waals surface area contributed by atoms with Crippen molar-refractivity contribution in [2.24, 2.45) is 0 Å². The molecular formula is C17H17IO3. The highest BCUT2D eigenvalue weighted by atomic mass is 127. The van der Waals surface area contributed by atoms with Crippen LogP contribution in [0.4, 0.5) is 0 Å². The molecule has 21 heavy (non-hydrogen) atoms. The van der Waals surface area contributed by atoms with Crippen LogP contribution in [-0.4, -0.2) is 24.4 Å². The summed E-state index contributed by atoms with van der Waals surface area (Å²) >= 11 is 2.25. The maximum Gasteiger partial charge on any atom is 0.124 e. The predicted molar refractivity (Wildman–Crippen MR) is 89.9 cm³/mol. The van der Waals surface area contributed by atoms with E-state index in [1.54, 1.807) is 6.07 Å². The summed E-state index contributed by atoms with van der Waals surface area (Å²) in [5.41, 5.74) is 2.10. The molecule has 4 heteroatoms. The first kappa shape index (κ1) is 14.7. The Hall–Kier alpha value is -1.27. The van der Waals surface area contributed by atoms with Gasteiger partial charge >= 0.3 is 0 Å². The summed E-state index contributed by atoms with van der Waals surface area (Å²) in [5, 5.41) is 9.90. The molecule has 1 aliphatic heterocycles. The lowest BCUT2D eigenvalue weighted by molar-refractivity contribution is 0.141. The number of phenolic OH excluding ortho intramolecular Hbond substituents is 1. The second-order valence-electron chi connectivity index (χ2n) is 5.20. The monoisotopic (exact) mass is 396 g/mol. The molecule has 110 valence electrons. The molecule has 0 aromatic heterocycles. The molecule has 3 nitrogen and oxygen atoms in total. The molecule has 0 saturated carbocycles. The third-order valence-corrected chi connectivity index (χ3v) is 4.22. The topological polar surface area (TPSA) is 38.7 Å². The van der Waals surface area contributed by atoms with Crippen LogP contribution < -0.4 is 4.74 Å². The highest BCUT2D eigenvalue weighted by molar-refractivity contribution is 14.1. The molecule has 3 rings (SSSR count). The zero-order valence-corrected chi connectivity index (χ0v) is 13.7. The molecule has 1 atom stereocenters. The Morgan fingerprint density at radius 2 is 2.00 bits per heavy atom. The first-order valence-electron chi connectivity index (χ1n) is 7.01. The lowest BCUT2D eigenvalue weighted by atomic mass is 10.0. The minimum absolute atomic E-state index is 0.176. The van der Waals surface area contributed by atoms with Gasteiger partial charge in [-0.1, -0.05) is 12.1 Å². The maximum atomic E-state index is 9.90. The van der Waals surface area contributed by atoms with Crippen molar-refractivity contribution >= 4 is 22.6 Å². The number of hydrogen-bond donors (Lipinski definition) is 1. The number of benzene rings is 2. The minimum Gasteiger partial charge on any atom is -0.508 e. The standard InChI is InChI=1S/C17H17IO3/c18-14-3-6-17(19)13(10-14)9-12-1-4-15(5-2-12)21-16-7-8-20-11-16/h1-6,10,16,19H,7-9,11H2/t16-/m0/s1. The second-order valence-corrected chi connectivity index (χ2v) is 6.44. The molecule has 1 fully saturated rings. The van der Waals surface area contributed by atoms with Crippen LogP contribution in [0.5, 0.6) is 11.5 Å². The summed E-state index contributed by atoms with van der Waals surface area (Å²) in [5.74, 6) is 1.22. The molecule has 0 spiro atoms.